The number of nitrogens with one attached hydrogen (secondary N) is 1. The van der Waals surface area contributed by atoms with E-state index in [2.05, 4.69) is 10.3 Å². The fourth-order valence-corrected chi connectivity index (χ4v) is 1.69. The molecule has 1 aromatic carbocycles. The van der Waals surface area contributed by atoms with Crippen LogP contribution < -0.4 is 11.1 Å². The Hall–Kier alpha value is -2.01. The van der Waals surface area contributed by atoms with E-state index in [0.29, 0.717) is 22.1 Å². The minimum absolute atomic E-state index is 0.280. The maximum absolute atomic E-state index is 13.2. The van der Waals surface area contributed by atoms with E-state index < -0.39 is 0 Å². The lowest BCUT2D eigenvalue weighted by atomic mass is 10.2. The lowest BCUT2D eigenvalue weighted by Gasteiger charge is -2.07. The highest BCUT2D eigenvalue weighted by molar-refractivity contribution is 7.80. The van der Waals surface area contributed by atoms with Crippen molar-refractivity contribution in [2.75, 3.05) is 5.32 Å². The summed E-state index contributed by atoms with van der Waals surface area (Å²) in [5.74, 6) is 0.331. The molecule has 0 spiro atoms. The van der Waals surface area contributed by atoms with Crippen LogP contribution in [0.2, 0.25) is 0 Å². The Balaban J connectivity index is 2.20. The summed E-state index contributed by atoms with van der Waals surface area (Å²) in [7, 11) is 0. The van der Waals surface area contributed by atoms with Gasteiger partial charge in [0.2, 0.25) is 0 Å². The molecule has 0 unspecified atom stereocenters. The number of nitrogens with two attached hydrogens (primary N) is 1. The van der Waals surface area contributed by atoms with Crippen molar-refractivity contribution < 1.29 is 4.39 Å². The third-order valence-corrected chi connectivity index (χ3v) is 2.60. The lowest BCUT2D eigenvalue weighted by molar-refractivity contribution is 0.627. The van der Waals surface area contributed by atoms with Crippen molar-refractivity contribution in [2.24, 2.45) is 5.73 Å². The average molecular weight is 261 g/mol. The lowest BCUT2D eigenvalue weighted by Crippen LogP contribution is -2.09. The van der Waals surface area contributed by atoms with E-state index in [9.17, 15) is 4.39 Å². The van der Waals surface area contributed by atoms with Crippen molar-refractivity contribution in [3.8, 4) is 0 Å². The van der Waals surface area contributed by atoms with Crippen molar-refractivity contribution in [2.45, 2.75) is 6.92 Å². The van der Waals surface area contributed by atoms with Gasteiger partial charge in [0.25, 0.3) is 0 Å². The number of aromatic nitrogens is 1. The monoisotopic (exact) mass is 261 g/mol. The van der Waals surface area contributed by atoms with E-state index in [1.165, 1.54) is 12.1 Å². The zero-order chi connectivity index (χ0) is 13.1. The van der Waals surface area contributed by atoms with Crippen molar-refractivity contribution in [3.63, 3.8) is 0 Å². The van der Waals surface area contributed by atoms with Gasteiger partial charge in [-0.3, -0.25) is 0 Å². The van der Waals surface area contributed by atoms with Crippen LogP contribution in [0, 0.1) is 12.7 Å². The normalized spacial score (nSPS) is 10.1. The largest absolute Gasteiger partial charge is 0.389 e. The maximum Gasteiger partial charge on any atom is 0.130 e. The molecular weight excluding hydrogens is 249 g/mol. The Morgan fingerprint density at radius 1 is 1.33 bits per heavy atom. The summed E-state index contributed by atoms with van der Waals surface area (Å²) in [4.78, 5) is 4.46. The van der Waals surface area contributed by atoms with Crippen molar-refractivity contribution in [1.29, 1.82) is 0 Å². The number of nitrogens with zero attached hydrogens (tertiary/aromatic N) is 1. The fraction of sp³-hybridized carbons (Fsp3) is 0.0769. The zero-order valence-electron chi connectivity index (χ0n) is 9.77. The van der Waals surface area contributed by atoms with Gasteiger partial charge in [-0.1, -0.05) is 12.2 Å². The number of halogens is 1. The van der Waals surface area contributed by atoms with E-state index in [4.69, 9.17) is 18.0 Å². The molecule has 3 nitrogen and oxygen atoms in total. The second-order valence-corrected chi connectivity index (χ2v) is 4.38. The van der Waals surface area contributed by atoms with Gasteiger partial charge in [-0.15, -0.1) is 0 Å². The molecule has 0 fully saturated rings. The smallest absolute Gasteiger partial charge is 0.130 e. The molecule has 0 saturated carbocycles. The molecule has 0 aliphatic rings. The molecule has 0 saturated heterocycles. The van der Waals surface area contributed by atoms with E-state index in [-0.39, 0.29) is 5.82 Å². The number of anilines is 2. The predicted molar refractivity (Wildman–Crippen MR) is 74.5 cm³/mol. The molecule has 0 amide bonds. The van der Waals surface area contributed by atoms with E-state index in [0.717, 1.165) is 5.56 Å². The van der Waals surface area contributed by atoms with Gasteiger partial charge in [-0.25, -0.2) is 9.37 Å². The summed E-state index contributed by atoms with van der Waals surface area (Å²) < 4.78 is 13.2. The highest BCUT2D eigenvalue weighted by Crippen LogP contribution is 2.17. The Morgan fingerprint density at radius 2 is 2.11 bits per heavy atom. The van der Waals surface area contributed by atoms with E-state index in [1.54, 1.807) is 18.3 Å². The highest BCUT2D eigenvalue weighted by atomic mass is 32.1. The SMILES string of the molecule is Cc1cc(F)cc(Nc2ccc(C(N)=S)cn2)c1. The van der Waals surface area contributed by atoms with Crippen LogP contribution in [0.5, 0.6) is 0 Å². The van der Waals surface area contributed by atoms with Crippen LogP contribution in [0.3, 0.4) is 0 Å². The number of pyridine rings is 1. The molecule has 2 aromatic rings. The summed E-state index contributed by atoms with van der Waals surface area (Å²) in [5.41, 5.74) is 7.68. The molecule has 0 bridgehead atoms. The van der Waals surface area contributed by atoms with E-state index >= 15 is 0 Å². The molecule has 0 radical (unpaired) electrons. The predicted octanol–water partition coefficient (Wildman–Crippen LogP) is 2.91. The van der Waals surface area contributed by atoms with Gasteiger partial charge in [0, 0.05) is 17.4 Å². The van der Waals surface area contributed by atoms with Gasteiger partial charge < -0.3 is 11.1 Å². The minimum Gasteiger partial charge on any atom is -0.389 e. The number of benzene rings is 1. The topological polar surface area (TPSA) is 50.9 Å². The molecule has 92 valence electrons. The van der Waals surface area contributed by atoms with Gasteiger partial charge in [0.05, 0.1) is 0 Å². The van der Waals surface area contributed by atoms with Crippen LogP contribution in [0.1, 0.15) is 11.1 Å². The molecule has 1 heterocycles. The maximum atomic E-state index is 13.2. The van der Waals surface area contributed by atoms with Gasteiger partial charge in [-0.05, 0) is 42.8 Å². The first-order valence-electron chi connectivity index (χ1n) is 5.34. The second kappa shape index (κ2) is 5.10. The summed E-state index contributed by atoms with van der Waals surface area (Å²) in [5, 5.41) is 3.02. The Morgan fingerprint density at radius 3 is 2.67 bits per heavy atom. The Kier molecular flexibility index (Phi) is 3.53. The third kappa shape index (κ3) is 3.01. The van der Waals surface area contributed by atoms with Crippen LogP contribution in [0.25, 0.3) is 0 Å². The van der Waals surface area contributed by atoms with Crippen molar-refractivity contribution >= 4 is 28.7 Å². The Labute approximate surface area is 110 Å². The van der Waals surface area contributed by atoms with E-state index in [1.807, 2.05) is 13.0 Å². The van der Waals surface area contributed by atoms with Gasteiger partial charge in [0.1, 0.15) is 16.6 Å². The van der Waals surface area contributed by atoms with Crippen LogP contribution in [0.4, 0.5) is 15.9 Å². The zero-order valence-corrected chi connectivity index (χ0v) is 10.6. The first kappa shape index (κ1) is 12.4. The Bertz CT molecular complexity index is 561. The third-order valence-electron chi connectivity index (χ3n) is 2.36. The first-order chi connectivity index (χ1) is 8.54. The molecule has 0 aliphatic carbocycles. The molecular formula is C13H12FN3S. The number of thiocarbonyl (C=S) groups is 1. The quantitative estimate of drug-likeness (QED) is 0.834. The average Bonchev–Trinajstić information content (AvgIpc) is 2.28. The summed E-state index contributed by atoms with van der Waals surface area (Å²) in [6.07, 6.45) is 1.58. The first-order valence-corrected chi connectivity index (χ1v) is 5.75. The van der Waals surface area contributed by atoms with Crippen LogP contribution in [0.15, 0.2) is 36.5 Å². The standard InChI is InChI=1S/C13H12FN3S/c1-8-4-10(14)6-11(5-8)17-12-3-2-9(7-16-12)13(15)18/h2-7H,1H3,(H2,15,18)(H,16,17). The van der Waals surface area contributed by atoms with Crippen molar-refractivity contribution in [1.82, 2.24) is 4.98 Å². The van der Waals surface area contributed by atoms with Gasteiger partial charge >= 0.3 is 0 Å². The fourth-order valence-electron chi connectivity index (χ4n) is 1.57. The van der Waals surface area contributed by atoms with Crippen LogP contribution in [-0.4, -0.2) is 9.97 Å². The highest BCUT2D eigenvalue weighted by Gasteiger charge is 2.01. The number of hydrogen-bond acceptors (Lipinski definition) is 3. The summed E-state index contributed by atoms with van der Waals surface area (Å²) in [6.45, 7) is 1.83. The van der Waals surface area contributed by atoms with Crippen molar-refractivity contribution in [3.05, 3.63) is 53.5 Å². The molecule has 5 heteroatoms. The number of rotatable bonds is 3. The van der Waals surface area contributed by atoms with Gasteiger partial charge in [0.15, 0.2) is 0 Å². The molecule has 0 atom stereocenters. The molecule has 0 aliphatic heterocycles. The molecule has 18 heavy (non-hydrogen) atoms. The molecule has 1 aromatic heterocycles. The minimum atomic E-state index is -0.280. The number of aryl methyl sites for hydroxylation is 1. The van der Waals surface area contributed by atoms with Gasteiger partial charge in [-0.2, -0.15) is 0 Å². The summed E-state index contributed by atoms with van der Waals surface area (Å²) >= 11 is 4.84. The van der Waals surface area contributed by atoms with Crippen LogP contribution >= 0.6 is 12.2 Å². The number of hydrogen-bond donors (Lipinski definition) is 2. The second-order valence-electron chi connectivity index (χ2n) is 3.94. The molecule has 3 N–H and O–H groups in total. The summed E-state index contributed by atoms with van der Waals surface area (Å²) in [6, 6.07) is 8.23. The molecule has 2 rings (SSSR count). The van der Waals surface area contributed by atoms with Crippen LogP contribution in [-0.2, 0) is 0 Å².